The molecule has 0 amide bonds. The Morgan fingerprint density at radius 3 is 2.41 bits per heavy atom. The first kappa shape index (κ1) is 23.9. The molecule has 0 radical (unpaired) electrons. The maximum atomic E-state index is 13.9. The summed E-state index contributed by atoms with van der Waals surface area (Å²) in [6.07, 6.45) is -0.247. The number of benzene rings is 2. The number of aromatic nitrogens is 2. The van der Waals surface area contributed by atoms with Gasteiger partial charge >= 0.3 is 5.97 Å². The monoisotopic (exact) mass is 482 g/mol. The van der Waals surface area contributed by atoms with Gasteiger partial charge in [0.15, 0.2) is 6.10 Å². The van der Waals surface area contributed by atoms with Gasteiger partial charge in [-0.1, -0.05) is 23.7 Å². The van der Waals surface area contributed by atoms with E-state index in [0.717, 1.165) is 17.8 Å². The zero-order valence-electron chi connectivity index (χ0n) is 19.4. The van der Waals surface area contributed by atoms with Crippen LogP contribution < -0.4 is 5.56 Å². The van der Waals surface area contributed by atoms with Crippen LogP contribution in [0.3, 0.4) is 0 Å². The number of carboxylic acid groups (broad SMARTS) is 1. The molecule has 0 aliphatic rings. The summed E-state index contributed by atoms with van der Waals surface area (Å²) in [5.74, 6) is -1.78. The number of carboxylic acids is 1. The second-order valence-corrected chi connectivity index (χ2v) is 9.68. The molecule has 0 aliphatic carbocycles. The fraction of sp³-hybridized carbons (Fsp3) is 0.269. The molecule has 2 aromatic heterocycles. The molecule has 1 atom stereocenters. The number of ether oxygens (including phenoxy) is 1. The standard InChI is InChI=1S/C26H24ClFN2O4/c1-12-18(14-6-8-15(27)9-7-14)19(23(25(32)33)34-26(3,4)5)13(2)21-20(12)22-17(24(31)30-21)10-16(28)11-29-22/h6-11,23H,1-5H3,(H,30,31)(H,32,33)/t23-/m0/s1. The number of nitrogens with one attached hydrogen (secondary N) is 1. The highest BCUT2D eigenvalue weighted by Crippen LogP contribution is 2.42. The van der Waals surface area contributed by atoms with Crippen LogP contribution in [0, 0.1) is 19.7 Å². The molecule has 6 nitrogen and oxygen atoms in total. The molecule has 2 N–H and O–H groups in total. The van der Waals surface area contributed by atoms with Crippen molar-refractivity contribution < 1.29 is 19.0 Å². The minimum absolute atomic E-state index is 0.116. The zero-order valence-corrected chi connectivity index (χ0v) is 20.2. The summed E-state index contributed by atoms with van der Waals surface area (Å²) in [6, 6.07) is 8.19. The lowest BCUT2D eigenvalue weighted by atomic mass is 9.85. The third-order valence-electron chi connectivity index (χ3n) is 5.71. The van der Waals surface area contributed by atoms with E-state index in [9.17, 15) is 19.1 Å². The number of aliphatic carboxylic acids is 1. The second-order valence-electron chi connectivity index (χ2n) is 9.25. The van der Waals surface area contributed by atoms with Crippen LogP contribution >= 0.6 is 11.6 Å². The molecule has 0 aliphatic heterocycles. The van der Waals surface area contributed by atoms with Gasteiger partial charge in [-0.3, -0.25) is 9.78 Å². The normalized spacial score (nSPS) is 12.9. The highest BCUT2D eigenvalue weighted by atomic mass is 35.5. The molecular formula is C26H24ClFN2O4. The van der Waals surface area contributed by atoms with Crippen molar-refractivity contribution in [3.8, 4) is 11.1 Å². The first-order valence-electron chi connectivity index (χ1n) is 10.7. The Morgan fingerprint density at radius 2 is 1.82 bits per heavy atom. The van der Waals surface area contributed by atoms with E-state index in [2.05, 4.69) is 9.97 Å². The first-order chi connectivity index (χ1) is 15.9. The van der Waals surface area contributed by atoms with Crippen LogP contribution in [0.1, 0.15) is 43.6 Å². The lowest BCUT2D eigenvalue weighted by molar-refractivity contribution is -0.160. The average molecular weight is 483 g/mol. The van der Waals surface area contributed by atoms with E-state index >= 15 is 0 Å². The molecule has 2 aromatic carbocycles. The molecule has 0 spiro atoms. The molecule has 176 valence electrons. The number of fused-ring (bicyclic) bond motifs is 3. The molecule has 0 fully saturated rings. The Kier molecular flexibility index (Phi) is 5.96. The van der Waals surface area contributed by atoms with Gasteiger partial charge in [0.05, 0.1) is 28.2 Å². The van der Waals surface area contributed by atoms with Gasteiger partial charge in [0.1, 0.15) is 5.82 Å². The summed E-state index contributed by atoms with van der Waals surface area (Å²) in [4.78, 5) is 32.3. The summed E-state index contributed by atoms with van der Waals surface area (Å²) < 4.78 is 19.9. The Labute approximate surface area is 200 Å². The number of rotatable bonds is 4. The van der Waals surface area contributed by atoms with E-state index in [4.69, 9.17) is 16.3 Å². The maximum absolute atomic E-state index is 13.9. The molecular weight excluding hydrogens is 459 g/mol. The lowest BCUT2D eigenvalue weighted by Gasteiger charge is -2.29. The largest absolute Gasteiger partial charge is 0.479 e. The van der Waals surface area contributed by atoms with Crippen LogP contribution in [0.2, 0.25) is 5.02 Å². The fourth-order valence-electron chi connectivity index (χ4n) is 4.37. The minimum atomic E-state index is -1.31. The van der Waals surface area contributed by atoms with Gasteiger partial charge in [-0.2, -0.15) is 0 Å². The molecule has 0 saturated heterocycles. The van der Waals surface area contributed by atoms with Crippen LogP contribution in [-0.2, 0) is 9.53 Å². The molecule has 0 bridgehead atoms. The third-order valence-corrected chi connectivity index (χ3v) is 5.97. The number of hydrogen-bond donors (Lipinski definition) is 2. The molecule has 0 unspecified atom stereocenters. The zero-order chi connectivity index (χ0) is 24.9. The molecule has 0 saturated carbocycles. The van der Waals surface area contributed by atoms with Crippen molar-refractivity contribution in [2.24, 2.45) is 0 Å². The number of nitrogens with zero attached hydrogens (tertiary/aromatic N) is 1. The van der Waals surface area contributed by atoms with Gasteiger partial charge in [0, 0.05) is 16.0 Å². The number of halogens is 2. The van der Waals surface area contributed by atoms with Gasteiger partial charge in [-0.15, -0.1) is 0 Å². The number of hydrogen-bond acceptors (Lipinski definition) is 4. The number of aromatic amines is 1. The van der Waals surface area contributed by atoms with Crippen molar-refractivity contribution >= 4 is 39.4 Å². The molecule has 2 heterocycles. The Bertz CT molecular complexity index is 1500. The van der Waals surface area contributed by atoms with Gasteiger partial charge < -0.3 is 14.8 Å². The van der Waals surface area contributed by atoms with E-state index < -0.39 is 29.1 Å². The van der Waals surface area contributed by atoms with Crippen molar-refractivity contribution in [1.82, 2.24) is 9.97 Å². The summed E-state index contributed by atoms with van der Waals surface area (Å²) in [5.41, 5.74) is 2.51. The highest BCUT2D eigenvalue weighted by Gasteiger charge is 2.33. The lowest BCUT2D eigenvalue weighted by Crippen LogP contribution is -2.28. The van der Waals surface area contributed by atoms with Gasteiger partial charge in [0.2, 0.25) is 0 Å². The van der Waals surface area contributed by atoms with Crippen molar-refractivity contribution in [3.05, 3.63) is 74.4 Å². The fourth-order valence-corrected chi connectivity index (χ4v) is 4.50. The Hall–Kier alpha value is -3.29. The minimum Gasteiger partial charge on any atom is -0.479 e. The third kappa shape index (κ3) is 4.17. The predicted octanol–water partition coefficient (Wildman–Crippen LogP) is 6.09. The molecule has 4 aromatic rings. The Balaban J connectivity index is 2.23. The van der Waals surface area contributed by atoms with Gasteiger partial charge in [-0.05, 0) is 75.1 Å². The number of aryl methyl sites for hydroxylation is 2. The highest BCUT2D eigenvalue weighted by molar-refractivity contribution is 6.30. The van der Waals surface area contributed by atoms with E-state index in [1.807, 2.05) is 6.92 Å². The van der Waals surface area contributed by atoms with Crippen LogP contribution in [0.4, 0.5) is 4.39 Å². The van der Waals surface area contributed by atoms with Crippen molar-refractivity contribution in [1.29, 1.82) is 0 Å². The van der Waals surface area contributed by atoms with Crippen LogP contribution in [0.25, 0.3) is 32.9 Å². The number of carbonyl (C=O) groups is 1. The quantitative estimate of drug-likeness (QED) is 0.343. The molecule has 8 heteroatoms. The average Bonchev–Trinajstić information content (AvgIpc) is 2.75. The Morgan fingerprint density at radius 1 is 1.18 bits per heavy atom. The first-order valence-corrected chi connectivity index (χ1v) is 11.1. The summed E-state index contributed by atoms with van der Waals surface area (Å²) in [5, 5.41) is 11.4. The van der Waals surface area contributed by atoms with Crippen molar-refractivity contribution in [2.45, 2.75) is 46.3 Å². The van der Waals surface area contributed by atoms with Gasteiger partial charge in [-0.25, -0.2) is 9.18 Å². The van der Waals surface area contributed by atoms with E-state index in [-0.39, 0.29) is 5.39 Å². The van der Waals surface area contributed by atoms with Crippen molar-refractivity contribution in [3.63, 3.8) is 0 Å². The number of H-pyrrole nitrogens is 1. The molecule has 34 heavy (non-hydrogen) atoms. The van der Waals surface area contributed by atoms with E-state index in [1.165, 1.54) is 0 Å². The topological polar surface area (TPSA) is 92.3 Å². The summed E-state index contributed by atoms with van der Waals surface area (Å²) >= 11 is 6.11. The summed E-state index contributed by atoms with van der Waals surface area (Å²) in [7, 11) is 0. The predicted molar refractivity (Wildman–Crippen MR) is 131 cm³/mol. The smallest absolute Gasteiger partial charge is 0.337 e. The SMILES string of the molecule is Cc1c([C@H](OC(C)(C)C)C(=O)O)c(-c2ccc(Cl)cc2)c(C)c2c1[nH]c(=O)c1cc(F)cnc12. The van der Waals surface area contributed by atoms with Gasteiger partial charge in [0.25, 0.3) is 5.56 Å². The van der Waals surface area contributed by atoms with Crippen LogP contribution in [-0.4, -0.2) is 26.6 Å². The summed E-state index contributed by atoms with van der Waals surface area (Å²) in [6.45, 7) is 8.91. The maximum Gasteiger partial charge on any atom is 0.337 e. The van der Waals surface area contributed by atoms with Crippen LogP contribution in [0.15, 0.2) is 41.3 Å². The van der Waals surface area contributed by atoms with E-state index in [1.54, 1.807) is 52.0 Å². The molecule has 4 rings (SSSR count). The number of pyridine rings is 2. The second kappa shape index (κ2) is 8.49. The van der Waals surface area contributed by atoms with Crippen molar-refractivity contribution in [2.75, 3.05) is 0 Å². The van der Waals surface area contributed by atoms with E-state index in [0.29, 0.717) is 43.7 Å². The van der Waals surface area contributed by atoms with Crippen LogP contribution in [0.5, 0.6) is 0 Å².